The van der Waals surface area contributed by atoms with Gasteiger partial charge in [-0.1, -0.05) is 54.6 Å². The third kappa shape index (κ3) is 4.45. The lowest BCUT2D eigenvalue weighted by Crippen LogP contribution is -3.00. The van der Waals surface area contributed by atoms with Crippen molar-refractivity contribution in [1.29, 1.82) is 0 Å². The van der Waals surface area contributed by atoms with Crippen molar-refractivity contribution >= 4 is 28.9 Å². The fourth-order valence-corrected chi connectivity index (χ4v) is 8.01. The van der Waals surface area contributed by atoms with Crippen LogP contribution in [0.4, 0.5) is 5.69 Å². The van der Waals surface area contributed by atoms with Gasteiger partial charge in [-0.25, -0.2) is 0 Å². The van der Waals surface area contributed by atoms with Crippen LogP contribution in [0.25, 0.3) is 0 Å². The molecular weight excluding hydrogens is 504 g/mol. The van der Waals surface area contributed by atoms with Gasteiger partial charge in [0.15, 0.2) is 0 Å². The van der Waals surface area contributed by atoms with Crippen LogP contribution in [-0.2, 0) is 6.16 Å². The van der Waals surface area contributed by atoms with Gasteiger partial charge in [-0.3, -0.25) is 10.1 Å². The first-order chi connectivity index (χ1) is 14.2. The lowest BCUT2D eigenvalue weighted by Gasteiger charge is -2.27. The summed E-state index contributed by atoms with van der Waals surface area (Å²) in [6, 6.07) is 38.9. The van der Waals surface area contributed by atoms with E-state index in [2.05, 4.69) is 72.8 Å². The number of non-ortho nitro benzene ring substituents is 1. The van der Waals surface area contributed by atoms with Crippen molar-refractivity contribution in [3.8, 4) is 0 Å². The minimum atomic E-state index is -1.98. The second-order valence-electron chi connectivity index (χ2n) is 6.90. The van der Waals surface area contributed by atoms with Crippen molar-refractivity contribution < 1.29 is 28.9 Å². The number of nitrogens with zero attached hydrogens (tertiary/aromatic N) is 1. The Labute approximate surface area is 194 Å². The van der Waals surface area contributed by atoms with Crippen LogP contribution < -0.4 is 39.9 Å². The number of hydrogen-bond donors (Lipinski definition) is 0. The molecule has 0 unspecified atom stereocenters. The Bertz CT molecular complexity index is 992. The Hall–Kier alpha value is -2.56. The van der Waals surface area contributed by atoms with Gasteiger partial charge in [0.1, 0.15) is 23.2 Å². The van der Waals surface area contributed by atoms with Crippen LogP contribution in [0, 0.1) is 10.1 Å². The molecule has 0 fully saturated rings. The summed E-state index contributed by atoms with van der Waals surface area (Å²) in [5, 5.41) is 15.0. The summed E-state index contributed by atoms with van der Waals surface area (Å²) in [5.74, 6) is 0. The second kappa shape index (κ2) is 9.96. The fourth-order valence-electron chi connectivity index (χ4n) is 3.77. The molecule has 0 aliphatic heterocycles. The average Bonchev–Trinajstić information content (AvgIpc) is 2.79. The number of hydrogen-bond acceptors (Lipinski definition) is 2. The minimum absolute atomic E-state index is 0. The van der Waals surface area contributed by atoms with E-state index >= 15 is 0 Å². The molecule has 4 aromatic rings. The van der Waals surface area contributed by atoms with Crippen LogP contribution >= 0.6 is 7.26 Å². The first-order valence-electron chi connectivity index (χ1n) is 9.48. The maximum absolute atomic E-state index is 11.1. The van der Waals surface area contributed by atoms with E-state index in [1.54, 1.807) is 12.1 Å². The topological polar surface area (TPSA) is 43.1 Å². The molecule has 0 saturated carbocycles. The summed E-state index contributed by atoms with van der Waals surface area (Å²) in [4.78, 5) is 10.7. The summed E-state index contributed by atoms with van der Waals surface area (Å²) in [6.07, 6.45) is 0.809. The van der Waals surface area contributed by atoms with Crippen molar-refractivity contribution in [1.82, 2.24) is 0 Å². The Morgan fingerprint density at radius 1 is 0.600 bits per heavy atom. The zero-order chi connectivity index (χ0) is 20.1. The average molecular weight is 525 g/mol. The molecule has 0 radical (unpaired) electrons. The molecule has 4 rings (SSSR count). The van der Waals surface area contributed by atoms with E-state index in [-0.39, 0.29) is 34.6 Å². The predicted molar refractivity (Wildman–Crippen MR) is 122 cm³/mol. The zero-order valence-corrected chi connectivity index (χ0v) is 19.3. The first-order valence-corrected chi connectivity index (χ1v) is 11.5. The molecule has 0 N–H and O–H groups in total. The lowest BCUT2D eigenvalue weighted by atomic mass is 10.2. The maximum atomic E-state index is 11.1. The van der Waals surface area contributed by atoms with Gasteiger partial charge in [0.2, 0.25) is 0 Å². The predicted octanol–water partition coefficient (Wildman–Crippen LogP) is 2.09. The van der Waals surface area contributed by atoms with E-state index in [1.807, 2.05) is 30.3 Å². The normalized spacial score (nSPS) is 10.8. The molecule has 0 aromatic heterocycles. The molecule has 4 aromatic carbocycles. The zero-order valence-electron chi connectivity index (χ0n) is 16.3. The molecule has 150 valence electrons. The van der Waals surface area contributed by atoms with Gasteiger partial charge in [0.25, 0.3) is 5.69 Å². The van der Waals surface area contributed by atoms with Crippen molar-refractivity contribution in [2.75, 3.05) is 0 Å². The van der Waals surface area contributed by atoms with Gasteiger partial charge in [0, 0.05) is 12.1 Å². The summed E-state index contributed by atoms with van der Waals surface area (Å²) >= 11 is 0. The highest BCUT2D eigenvalue weighted by molar-refractivity contribution is 7.95. The molecule has 0 saturated heterocycles. The standard InChI is InChI=1S/C25H21NO2P.HI/c27-26(28)22-18-16-21(17-19-22)20-29(23-10-4-1-5-11-23,24-12-6-2-7-13-24)25-14-8-3-9-15-25;/h1-19H,20H2;1H/q+1;/p-1. The van der Waals surface area contributed by atoms with E-state index in [0.717, 1.165) is 11.7 Å². The Morgan fingerprint density at radius 2 is 0.967 bits per heavy atom. The van der Waals surface area contributed by atoms with Gasteiger partial charge < -0.3 is 24.0 Å². The van der Waals surface area contributed by atoms with Crippen molar-refractivity contribution in [2.45, 2.75) is 6.16 Å². The highest BCUT2D eigenvalue weighted by atomic mass is 127. The fraction of sp³-hybridized carbons (Fsp3) is 0.0400. The molecule has 0 aliphatic rings. The maximum Gasteiger partial charge on any atom is 0.269 e. The lowest BCUT2D eigenvalue weighted by molar-refractivity contribution is -0.384. The molecular formula is C25H21INO2P. The van der Waals surface area contributed by atoms with Crippen LogP contribution in [0.1, 0.15) is 5.56 Å². The van der Waals surface area contributed by atoms with E-state index in [4.69, 9.17) is 0 Å². The molecule has 5 heteroatoms. The van der Waals surface area contributed by atoms with Crippen LogP contribution in [-0.4, -0.2) is 4.92 Å². The first kappa shape index (κ1) is 22.1. The monoisotopic (exact) mass is 525 g/mol. The number of halogens is 1. The summed E-state index contributed by atoms with van der Waals surface area (Å²) in [7, 11) is -1.98. The van der Waals surface area contributed by atoms with Gasteiger partial charge >= 0.3 is 0 Å². The van der Waals surface area contributed by atoms with E-state index < -0.39 is 7.26 Å². The largest absolute Gasteiger partial charge is 1.00 e. The number of nitro groups is 1. The molecule has 0 aliphatic carbocycles. The molecule has 0 bridgehead atoms. The van der Waals surface area contributed by atoms with Crippen LogP contribution in [0.2, 0.25) is 0 Å². The summed E-state index contributed by atoms with van der Waals surface area (Å²) < 4.78 is 0. The third-order valence-corrected chi connectivity index (χ3v) is 9.54. The Morgan fingerprint density at radius 3 is 1.30 bits per heavy atom. The minimum Gasteiger partial charge on any atom is -1.00 e. The van der Waals surface area contributed by atoms with Crippen LogP contribution in [0.3, 0.4) is 0 Å². The number of nitro benzene ring substituents is 1. The third-order valence-electron chi connectivity index (χ3n) is 5.16. The molecule has 3 nitrogen and oxygen atoms in total. The van der Waals surface area contributed by atoms with Crippen LogP contribution in [0.5, 0.6) is 0 Å². The van der Waals surface area contributed by atoms with Gasteiger partial charge in [0.05, 0.1) is 11.1 Å². The van der Waals surface area contributed by atoms with Crippen molar-refractivity contribution in [2.24, 2.45) is 0 Å². The van der Waals surface area contributed by atoms with Gasteiger partial charge in [-0.15, -0.1) is 0 Å². The van der Waals surface area contributed by atoms with Crippen LogP contribution in [0.15, 0.2) is 115 Å². The van der Waals surface area contributed by atoms with Gasteiger partial charge in [-0.05, 0) is 54.1 Å². The molecule has 0 atom stereocenters. The molecule has 0 spiro atoms. The SMILES string of the molecule is O=[N+]([O-])c1ccc(C[P+](c2ccccc2)(c2ccccc2)c2ccccc2)cc1.[I-]. The van der Waals surface area contributed by atoms with E-state index in [1.165, 1.54) is 15.9 Å². The Kier molecular flexibility index (Phi) is 7.35. The summed E-state index contributed by atoms with van der Waals surface area (Å²) in [5.41, 5.74) is 1.22. The van der Waals surface area contributed by atoms with E-state index in [0.29, 0.717) is 0 Å². The molecule has 0 amide bonds. The highest BCUT2D eigenvalue weighted by Crippen LogP contribution is 2.58. The quantitative estimate of drug-likeness (QED) is 0.168. The van der Waals surface area contributed by atoms with E-state index in [9.17, 15) is 10.1 Å². The summed E-state index contributed by atoms with van der Waals surface area (Å²) in [6.45, 7) is 0. The highest BCUT2D eigenvalue weighted by Gasteiger charge is 2.45. The number of rotatable bonds is 6. The van der Waals surface area contributed by atoms with Gasteiger partial charge in [-0.2, -0.15) is 0 Å². The van der Waals surface area contributed by atoms with Crippen molar-refractivity contribution in [3.05, 3.63) is 131 Å². The number of benzene rings is 4. The Balaban J connectivity index is 0.00000256. The smallest absolute Gasteiger partial charge is 0.269 e. The van der Waals surface area contributed by atoms with Crippen molar-refractivity contribution in [3.63, 3.8) is 0 Å². The molecule has 30 heavy (non-hydrogen) atoms. The molecule has 0 heterocycles. The second-order valence-corrected chi connectivity index (χ2v) is 10.4.